The Labute approximate surface area is 115 Å². The smallest absolute Gasteiger partial charge is 0.223 e. The van der Waals surface area contributed by atoms with E-state index in [9.17, 15) is 4.79 Å². The number of ether oxygens (including phenoxy) is 1. The van der Waals surface area contributed by atoms with Crippen molar-refractivity contribution in [3.63, 3.8) is 0 Å². The van der Waals surface area contributed by atoms with E-state index in [0.29, 0.717) is 25.6 Å². The van der Waals surface area contributed by atoms with Gasteiger partial charge in [-0.2, -0.15) is 0 Å². The van der Waals surface area contributed by atoms with Gasteiger partial charge in [0.2, 0.25) is 5.91 Å². The van der Waals surface area contributed by atoms with Crippen LogP contribution >= 0.6 is 0 Å². The molecule has 2 aliphatic heterocycles. The van der Waals surface area contributed by atoms with Gasteiger partial charge in [-0.1, -0.05) is 6.42 Å². The molecule has 0 aromatic carbocycles. The van der Waals surface area contributed by atoms with Gasteiger partial charge in [-0.3, -0.25) is 4.79 Å². The summed E-state index contributed by atoms with van der Waals surface area (Å²) in [4.78, 5) is 14.1. The van der Waals surface area contributed by atoms with E-state index < -0.39 is 0 Å². The number of piperidine rings is 1. The minimum atomic E-state index is -0.215. The highest BCUT2D eigenvalue weighted by Crippen LogP contribution is 2.16. The summed E-state index contributed by atoms with van der Waals surface area (Å²) in [5, 5.41) is 12.6. The van der Waals surface area contributed by atoms with Crippen LogP contribution in [0.1, 0.15) is 39.0 Å². The summed E-state index contributed by atoms with van der Waals surface area (Å²) in [6, 6.07) is 0.623. The molecule has 2 rings (SSSR count). The second-order valence-electron chi connectivity index (χ2n) is 5.72. The van der Waals surface area contributed by atoms with Gasteiger partial charge in [0.1, 0.15) is 0 Å². The van der Waals surface area contributed by atoms with Crippen LogP contribution < -0.4 is 5.32 Å². The fraction of sp³-hybridized carbons (Fsp3) is 0.929. The molecule has 0 aliphatic carbocycles. The van der Waals surface area contributed by atoms with Crippen LogP contribution in [0.3, 0.4) is 0 Å². The van der Waals surface area contributed by atoms with Crippen LogP contribution in [0, 0.1) is 0 Å². The molecule has 2 fully saturated rings. The molecule has 2 aliphatic rings. The molecular formula is C14H26N2O3. The van der Waals surface area contributed by atoms with Gasteiger partial charge in [-0.15, -0.1) is 0 Å². The molecule has 0 saturated carbocycles. The number of morpholine rings is 1. The zero-order chi connectivity index (χ0) is 13.7. The first-order valence-corrected chi connectivity index (χ1v) is 7.46. The number of carbonyl (C=O) groups is 1. The third-order valence-electron chi connectivity index (χ3n) is 4.15. The molecule has 110 valence electrons. The Kier molecular flexibility index (Phi) is 5.60. The topological polar surface area (TPSA) is 61.8 Å². The molecule has 0 spiro atoms. The quantitative estimate of drug-likeness (QED) is 0.782. The van der Waals surface area contributed by atoms with Gasteiger partial charge < -0.3 is 20.1 Å². The summed E-state index contributed by atoms with van der Waals surface area (Å²) in [6.45, 7) is 4.12. The molecule has 19 heavy (non-hydrogen) atoms. The Morgan fingerprint density at radius 1 is 1.47 bits per heavy atom. The third kappa shape index (κ3) is 4.16. The van der Waals surface area contributed by atoms with Crippen LogP contribution in [0.2, 0.25) is 0 Å². The lowest BCUT2D eigenvalue weighted by atomic mass is 10.00. The summed E-state index contributed by atoms with van der Waals surface area (Å²) in [7, 11) is 0. The van der Waals surface area contributed by atoms with Crippen molar-refractivity contribution in [3.8, 4) is 0 Å². The highest BCUT2D eigenvalue weighted by molar-refractivity contribution is 5.76. The largest absolute Gasteiger partial charge is 0.394 e. The molecule has 0 aromatic heterocycles. The Bertz CT molecular complexity index is 292. The zero-order valence-corrected chi connectivity index (χ0v) is 11.8. The summed E-state index contributed by atoms with van der Waals surface area (Å²) in [5.74, 6) is 0.196. The number of amides is 1. The number of aliphatic hydroxyl groups excluding tert-OH is 1. The maximum atomic E-state index is 12.3. The van der Waals surface area contributed by atoms with Crippen LogP contribution in [-0.4, -0.2) is 60.4 Å². The van der Waals surface area contributed by atoms with Gasteiger partial charge >= 0.3 is 0 Å². The van der Waals surface area contributed by atoms with Crippen molar-refractivity contribution < 1.29 is 14.6 Å². The standard InChI is InChI=1S/C14H26N2O3/c1-11-10-19-13(9-17)8-16(11)14(18)6-5-12-4-2-3-7-15-12/h11-13,15,17H,2-10H2,1H3. The van der Waals surface area contributed by atoms with E-state index in [-0.39, 0.29) is 24.7 Å². The molecule has 2 saturated heterocycles. The van der Waals surface area contributed by atoms with E-state index in [1.165, 1.54) is 19.3 Å². The van der Waals surface area contributed by atoms with Gasteiger partial charge in [-0.05, 0) is 32.7 Å². The predicted octanol–water partition coefficient (Wildman–Crippen LogP) is 0.517. The van der Waals surface area contributed by atoms with E-state index >= 15 is 0 Å². The van der Waals surface area contributed by atoms with E-state index in [0.717, 1.165) is 13.0 Å². The highest BCUT2D eigenvalue weighted by Gasteiger charge is 2.29. The summed E-state index contributed by atoms with van der Waals surface area (Å²) < 4.78 is 5.46. The monoisotopic (exact) mass is 270 g/mol. The van der Waals surface area contributed by atoms with Crippen LogP contribution in [-0.2, 0) is 9.53 Å². The van der Waals surface area contributed by atoms with Crippen molar-refractivity contribution in [2.75, 3.05) is 26.3 Å². The fourth-order valence-electron chi connectivity index (χ4n) is 2.89. The lowest BCUT2D eigenvalue weighted by Gasteiger charge is -2.37. The van der Waals surface area contributed by atoms with E-state index in [2.05, 4.69) is 5.32 Å². The number of rotatable bonds is 4. The molecule has 5 heteroatoms. The Hall–Kier alpha value is -0.650. The Balaban J connectivity index is 1.77. The van der Waals surface area contributed by atoms with Crippen molar-refractivity contribution in [1.82, 2.24) is 10.2 Å². The molecule has 0 aromatic rings. The molecule has 2 N–H and O–H groups in total. The van der Waals surface area contributed by atoms with Crippen LogP contribution in [0.25, 0.3) is 0 Å². The van der Waals surface area contributed by atoms with Crippen LogP contribution in [0.5, 0.6) is 0 Å². The summed E-state index contributed by atoms with van der Waals surface area (Å²) >= 11 is 0. The van der Waals surface area contributed by atoms with Crippen molar-refractivity contribution in [1.29, 1.82) is 0 Å². The maximum absolute atomic E-state index is 12.3. The average Bonchev–Trinajstić information content (AvgIpc) is 2.46. The average molecular weight is 270 g/mol. The van der Waals surface area contributed by atoms with Crippen molar-refractivity contribution in [2.24, 2.45) is 0 Å². The lowest BCUT2D eigenvalue weighted by Crippen LogP contribution is -2.52. The minimum Gasteiger partial charge on any atom is -0.394 e. The van der Waals surface area contributed by atoms with Crippen molar-refractivity contribution >= 4 is 5.91 Å². The molecule has 2 heterocycles. The zero-order valence-electron chi connectivity index (χ0n) is 11.8. The number of nitrogens with one attached hydrogen (secondary N) is 1. The van der Waals surface area contributed by atoms with Crippen LogP contribution in [0.4, 0.5) is 0 Å². The van der Waals surface area contributed by atoms with Gasteiger partial charge in [0.05, 0.1) is 25.4 Å². The van der Waals surface area contributed by atoms with E-state index in [1.807, 2.05) is 11.8 Å². The Morgan fingerprint density at radius 3 is 3.00 bits per heavy atom. The van der Waals surface area contributed by atoms with Gasteiger partial charge in [0, 0.05) is 19.0 Å². The third-order valence-corrected chi connectivity index (χ3v) is 4.15. The van der Waals surface area contributed by atoms with Gasteiger partial charge in [-0.25, -0.2) is 0 Å². The highest BCUT2D eigenvalue weighted by atomic mass is 16.5. The fourth-order valence-corrected chi connectivity index (χ4v) is 2.89. The van der Waals surface area contributed by atoms with Crippen molar-refractivity contribution in [3.05, 3.63) is 0 Å². The number of carbonyl (C=O) groups excluding carboxylic acids is 1. The number of hydrogen-bond acceptors (Lipinski definition) is 4. The van der Waals surface area contributed by atoms with Gasteiger partial charge in [0.15, 0.2) is 0 Å². The first-order valence-electron chi connectivity index (χ1n) is 7.46. The second-order valence-corrected chi connectivity index (χ2v) is 5.72. The normalized spacial score (nSPS) is 32.3. The Morgan fingerprint density at radius 2 is 2.32 bits per heavy atom. The minimum absolute atomic E-state index is 0.0132. The van der Waals surface area contributed by atoms with E-state index in [1.54, 1.807) is 0 Å². The predicted molar refractivity (Wildman–Crippen MR) is 72.9 cm³/mol. The SMILES string of the molecule is CC1COC(CO)CN1C(=O)CCC1CCCCN1. The molecule has 0 radical (unpaired) electrons. The maximum Gasteiger partial charge on any atom is 0.223 e. The second kappa shape index (κ2) is 7.22. The molecule has 3 unspecified atom stereocenters. The molecular weight excluding hydrogens is 244 g/mol. The number of nitrogens with zero attached hydrogens (tertiary/aromatic N) is 1. The van der Waals surface area contributed by atoms with E-state index in [4.69, 9.17) is 9.84 Å². The first-order chi connectivity index (χ1) is 9.20. The van der Waals surface area contributed by atoms with Crippen LogP contribution in [0.15, 0.2) is 0 Å². The summed E-state index contributed by atoms with van der Waals surface area (Å²) in [6.07, 6.45) is 5.01. The van der Waals surface area contributed by atoms with Crippen molar-refractivity contribution in [2.45, 2.75) is 57.2 Å². The lowest BCUT2D eigenvalue weighted by molar-refractivity contribution is -0.146. The molecule has 1 amide bonds. The first kappa shape index (κ1) is 14.8. The summed E-state index contributed by atoms with van der Waals surface area (Å²) in [5.41, 5.74) is 0. The molecule has 5 nitrogen and oxygen atoms in total. The molecule has 0 bridgehead atoms. The number of aliphatic hydroxyl groups is 1. The molecule has 3 atom stereocenters. The van der Waals surface area contributed by atoms with Gasteiger partial charge in [0.25, 0.3) is 0 Å². The number of hydrogen-bond donors (Lipinski definition) is 2.